The summed E-state index contributed by atoms with van der Waals surface area (Å²) in [6.07, 6.45) is 2.87. The molecule has 0 atom stereocenters. The number of hydrogen-bond acceptors (Lipinski definition) is 6. The van der Waals surface area contributed by atoms with Gasteiger partial charge in [-0.05, 0) is 11.1 Å². The van der Waals surface area contributed by atoms with E-state index in [0.29, 0.717) is 47.1 Å². The number of aromatic nitrogens is 8. The lowest BCUT2D eigenvalue weighted by Crippen LogP contribution is -2.09. The van der Waals surface area contributed by atoms with Crippen molar-refractivity contribution in [3.05, 3.63) is 94.8 Å². The smallest absolute Gasteiger partial charge is 0.179 e. The third-order valence-corrected chi connectivity index (χ3v) is 6.09. The zero-order valence-electron chi connectivity index (χ0n) is 17.7. The third-order valence-electron chi connectivity index (χ3n) is 5.54. The van der Waals surface area contributed by atoms with Gasteiger partial charge in [-0.25, -0.2) is 29.9 Å². The monoisotopic (exact) mass is 486 g/mol. The Morgan fingerprint density at radius 2 is 0.971 bits per heavy atom. The van der Waals surface area contributed by atoms with Crippen LogP contribution in [0.1, 0.15) is 11.1 Å². The maximum absolute atomic E-state index is 6.41. The largest absolute Gasteiger partial charge is 0.301 e. The van der Waals surface area contributed by atoms with E-state index in [2.05, 4.69) is 19.9 Å². The molecule has 0 aliphatic carbocycles. The summed E-state index contributed by atoms with van der Waals surface area (Å²) in [7, 11) is 0. The Morgan fingerprint density at radius 3 is 1.38 bits per heavy atom. The van der Waals surface area contributed by atoms with Crippen LogP contribution in [0, 0.1) is 0 Å². The minimum absolute atomic E-state index is 0.279. The lowest BCUT2D eigenvalue weighted by Gasteiger charge is -2.11. The molecule has 4 aromatic heterocycles. The summed E-state index contributed by atoms with van der Waals surface area (Å²) in [5.41, 5.74) is 4.42. The molecule has 4 heterocycles. The van der Waals surface area contributed by atoms with Gasteiger partial charge >= 0.3 is 0 Å². The van der Waals surface area contributed by atoms with Crippen LogP contribution in [0.4, 0.5) is 0 Å². The molecule has 0 N–H and O–H groups in total. The van der Waals surface area contributed by atoms with E-state index in [9.17, 15) is 0 Å². The molecule has 8 nitrogen and oxygen atoms in total. The Balaban J connectivity index is 1.63. The minimum atomic E-state index is 0.279. The molecule has 0 unspecified atom stereocenters. The van der Waals surface area contributed by atoms with Gasteiger partial charge in [-0.1, -0.05) is 83.9 Å². The van der Waals surface area contributed by atoms with Crippen LogP contribution in [0.2, 0.25) is 10.3 Å². The Hall–Kier alpha value is -3.88. The van der Waals surface area contributed by atoms with E-state index < -0.39 is 0 Å². The van der Waals surface area contributed by atoms with Gasteiger partial charge in [-0.2, -0.15) is 0 Å². The number of fused-ring (bicyclic) bond motifs is 2. The fourth-order valence-corrected chi connectivity index (χ4v) is 4.33. The minimum Gasteiger partial charge on any atom is -0.301 e. The summed E-state index contributed by atoms with van der Waals surface area (Å²) in [6.45, 7) is 1.04. The van der Waals surface area contributed by atoms with Gasteiger partial charge in [0.25, 0.3) is 0 Å². The fourth-order valence-electron chi connectivity index (χ4n) is 3.99. The number of hydrogen-bond donors (Lipinski definition) is 0. The van der Waals surface area contributed by atoms with E-state index in [-0.39, 0.29) is 10.3 Å². The zero-order valence-corrected chi connectivity index (χ0v) is 19.2. The molecule has 0 aliphatic rings. The standard InChI is InChI=1S/C24H16Cl2N8/c25-19-17-21(29-13-27-19)33(11-15-7-3-1-4-8-15)23(31-17)24-32-18-20(26)28-14-30-22(18)34(24)12-16-9-5-2-6-10-16/h1-10,13-14H,11-12H2. The number of benzene rings is 2. The van der Waals surface area contributed by atoms with Crippen molar-refractivity contribution >= 4 is 45.5 Å². The van der Waals surface area contributed by atoms with Gasteiger partial charge in [0.2, 0.25) is 0 Å². The predicted octanol–water partition coefficient (Wildman–Crippen LogP) is 5.04. The fraction of sp³-hybridized carbons (Fsp3) is 0.0833. The van der Waals surface area contributed by atoms with Gasteiger partial charge in [-0.3, -0.25) is 0 Å². The molecule has 34 heavy (non-hydrogen) atoms. The maximum Gasteiger partial charge on any atom is 0.179 e. The molecule has 0 radical (unpaired) electrons. The van der Waals surface area contributed by atoms with Crippen LogP contribution in [0.15, 0.2) is 73.3 Å². The second-order valence-corrected chi connectivity index (χ2v) is 8.40. The van der Waals surface area contributed by atoms with Crippen LogP contribution < -0.4 is 0 Å². The molecule has 0 fully saturated rings. The van der Waals surface area contributed by atoms with Gasteiger partial charge in [0.1, 0.15) is 23.7 Å². The summed E-state index contributed by atoms with van der Waals surface area (Å²) in [5, 5.41) is 0.559. The van der Waals surface area contributed by atoms with Crippen LogP contribution in [0.3, 0.4) is 0 Å². The molecular formula is C24H16Cl2N8. The van der Waals surface area contributed by atoms with Crippen molar-refractivity contribution in [3.8, 4) is 11.6 Å². The highest BCUT2D eigenvalue weighted by Crippen LogP contribution is 2.31. The molecule has 6 rings (SSSR count). The number of nitrogens with zero attached hydrogens (tertiary/aromatic N) is 8. The topological polar surface area (TPSA) is 87.2 Å². The summed E-state index contributed by atoms with van der Waals surface area (Å²) in [6, 6.07) is 20.1. The number of halogens is 2. The van der Waals surface area contributed by atoms with E-state index in [1.807, 2.05) is 69.8 Å². The molecule has 0 saturated carbocycles. The molecule has 0 spiro atoms. The van der Waals surface area contributed by atoms with Gasteiger partial charge < -0.3 is 9.13 Å². The van der Waals surface area contributed by atoms with Crippen LogP contribution >= 0.6 is 23.2 Å². The first kappa shape index (κ1) is 20.7. The molecule has 0 aliphatic heterocycles. The van der Waals surface area contributed by atoms with Crippen molar-refractivity contribution in [2.24, 2.45) is 0 Å². The maximum atomic E-state index is 6.41. The van der Waals surface area contributed by atoms with Gasteiger partial charge in [0.05, 0.1) is 13.1 Å². The van der Waals surface area contributed by atoms with Crippen molar-refractivity contribution in [1.29, 1.82) is 0 Å². The van der Waals surface area contributed by atoms with Gasteiger partial charge in [0, 0.05) is 0 Å². The van der Waals surface area contributed by atoms with Crippen molar-refractivity contribution in [3.63, 3.8) is 0 Å². The first-order valence-electron chi connectivity index (χ1n) is 10.5. The van der Waals surface area contributed by atoms with Crippen LogP contribution in [-0.2, 0) is 13.1 Å². The molecule has 0 saturated heterocycles. The zero-order chi connectivity index (χ0) is 23.1. The van der Waals surface area contributed by atoms with Crippen LogP contribution in [0.5, 0.6) is 0 Å². The highest BCUT2D eigenvalue weighted by Gasteiger charge is 2.24. The lowest BCUT2D eigenvalue weighted by atomic mass is 10.2. The number of imidazole rings is 2. The third kappa shape index (κ3) is 3.57. The lowest BCUT2D eigenvalue weighted by molar-refractivity contribution is 0.775. The first-order valence-corrected chi connectivity index (χ1v) is 11.3. The normalized spacial score (nSPS) is 11.5. The average Bonchev–Trinajstić information content (AvgIpc) is 3.41. The van der Waals surface area contributed by atoms with Gasteiger partial charge in [-0.15, -0.1) is 0 Å². The molecule has 0 amide bonds. The molecule has 0 bridgehead atoms. The van der Waals surface area contributed by atoms with E-state index >= 15 is 0 Å². The predicted molar refractivity (Wildman–Crippen MR) is 131 cm³/mol. The highest BCUT2D eigenvalue weighted by molar-refractivity contribution is 6.34. The van der Waals surface area contributed by atoms with E-state index in [0.717, 1.165) is 11.1 Å². The molecule has 166 valence electrons. The Bertz CT molecular complexity index is 1500. The average molecular weight is 487 g/mol. The Morgan fingerprint density at radius 1 is 0.559 bits per heavy atom. The van der Waals surface area contributed by atoms with Crippen molar-refractivity contribution in [2.45, 2.75) is 13.1 Å². The molecule has 10 heteroatoms. The molecule has 2 aromatic carbocycles. The van der Waals surface area contributed by atoms with Crippen molar-refractivity contribution in [2.75, 3.05) is 0 Å². The van der Waals surface area contributed by atoms with E-state index in [1.165, 1.54) is 12.7 Å². The molecule has 6 aromatic rings. The quantitative estimate of drug-likeness (QED) is 0.317. The summed E-state index contributed by atoms with van der Waals surface area (Å²) >= 11 is 12.8. The second kappa shape index (κ2) is 8.48. The van der Waals surface area contributed by atoms with Crippen LogP contribution in [-0.4, -0.2) is 39.0 Å². The Kier molecular flexibility index (Phi) is 5.16. The van der Waals surface area contributed by atoms with Crippen LogP contribution in [0.25, 0.3) is 34.0 Å². The second-order valence-electron chi connectivity index (χ2n) is 7.69. The van der Waals surface area contributed by atoms with E-state index in [1.54, 1.807) is 0 Å². The summed E-state index contributed by atoms with van der Waals surface area (Å²) in [4.78, 5) is 26.9. The van der Waals surface area contributed by atoms with Crippen molar-refractivity contribution < 1.29 is 0 Å². The number of rotatable bonds is 5. The van der Waals surface area contributed by atoms with Crippen molar-refractivity contribution in [1.82, 2.24) is 39.0 Å². The first-order chi connectivity index (χ1) is 16.7. The van der Waals surface area contributed by atoms with E-state index in [4.69, 9.17) is 33.2 Å². The highest BCUT2D eigenvalue weighted by atomic mass is 35.5. The molecular weight excluding hydrogens is 471 g/mol. The van der Waals surface area contributed by atoms with Gasteiger partial charge in [0.15, 0.2) is 33.2 Å². The summed E-state index contributed by atoms with van der Waals surface area (Å²) in [5.74, 6) is 1.18. The summed E-state index contributed by atoms with van der Waals surface area (Å²) < 4.78 is 3.98. The Labute approximate surface area is 203 Å². The SMILES string of the molecule is Clc1ncnc2c1nc(-c1nc3c(Cl)ncnc3n1Cc1ccccc1)n2Cc1ccccc1.